The van der Waals surface area contributed by atoms with Gasteiger partial charge in [0.25, 0.3) is 0 Å². The van der Waals surface area contributed by atoms with E-state index in [2.05, 4.69) is 22.1 Å². The SMILES string of the molecule is CCCN(Cc1ncc(Cl)n1C)C1CCNCC1. The Labute approximate surface area is 114 Å². The van der Waals surface area contributed by atoms with Crippen molar-refractivity contribution in [2.45, 2.75) is 38.8 Å². The summed E-state index contributed by atoms with van der Waals surface area (Å²) in [4.78, 5) is 6.96. The van der Waals surface area contributed by atoms with Gasteiger partial charge in [-0.15, -0.1) is 0 Å². The zero-order valence-corrected chi connectivity index (χ0v) is 12.1. The van der Waals surface area contributed by atoms with Gasteiger partial charge in [0.2, 0.25) is 0 Å². The summed E-state index contributed by atoms with van der Waals surface area (Å²) in [6, 6.07) is 0.682. The van der Waals surface area contributed by atoms with E-state index < -0.39 is 0 Å². The third kappa shape index (κ3) is 3.25. The molecule has 18 heavy (non-hydrogen) atoms. The zero-order chi connectivity index (χ0) is 13.0. The normalized spacial score (nSPS) is 17.6. The van der Waals surface area contributed by atoms with Crippen LogP contribution in [0.3, 0.4) is 0 Å². The zero-order valence-electron chi connectivity index (χ0n) is 11.3. The smallest absolute Gasteiger partial charge is 0.128 e. The van der Waals surface area contributed by atoms with E-state index in [1.54, 1.807) is 6.20 Å². The molecule has 1 saturated heterocycles. The van der Waals surface area contributed by atoms with Crippen LogP contribution in [0.15, 0.2) is 6.20 Å². The van der Waals surface area contributed by atoms with E-state index in [-0.39, 0.29) is 0 Å². The Hall–Kier alpha value is -0.580. The minimum atomic E-state index is 0.682. The number of halogens is 1. The molecule has 1 aromatic heterocycles. The van der Waals surface area contributed by atoms with E-state index in [1.807, 2.05) is 11.6 Å². The number of aromatic nitrogens is 2. The van der Waals surface area contributed by atoms with E-state index in [9.17, 15) is 0 Å². The molecule has 1 aromatic rings. The Morgan fingerprint density at radius 3 is 2.78 bits per heavy atom. The highest BCUT2D eigenvalue weighted by atomic mass is 35.5. The molecule has 1 fully saturated rings. The van der Waals surface area contributed by atoms with Crippen LogP contribution in [0.4, 0.5) is 0 Å². The summed E-state index contributed by atoms with van der Waals surface area (Å²) < 4.78 is 1.98. The molecule has 0 amide bonds. The number of nitrogens with zero attached hydrogens (tertiary/aromatic N) is 3. The van der Waals surface area contributed by atoms with Gasteiger partial charge in [-0.2, -0.15) is 0 Å². The summed E-state index contributed by atoms with van der Waals surface area (Å²) in [7, 11) is 1.98. The first kappa shape index (κ1) is 13.8. The quantitative estimate of drug-likeness (QED) is 0.889. The van der Waals surface area contributed by atoms with E-state index in [1.165, 1.54) is 19.3 Å². The van der Waals surface area contributed by atoms with Crippen LogP contribution in [-0.4, -0.2) is 40.1 Å². The van der Waals surface area contributed by atoms with Gasteiger partial charge >= 0.3 is 0 Å². The lowest BCUT2D eigenvalue weighted by atomic mass is 10.0. The monoisotopic (exact) mass is 270 g/mol. The Morgan fingerprint density at radius 1 is 1.50 bits per heavy atom. The van der Waals surface area contributed by atoms with Crippen molar-refractivity contribution in [1.82, 2.24) is 19.8 Å². The molecule has 2 heterocycles. The second-order valence-electron chi connectivity index (χ2n) is 5.01. The van der Waals surface area contributed by atoms with Crippen LogP contribution in [0.5, 0.6) is 0 Å². The highest BCUT2D eigenvalue weighted by Gasteiger charge is 2.21. The van der Waals surface area contributed by atoms with E-state index in [0.717, 1.165) is 32.0 Å². The van der Waals surface area contributed by atoms with Crippen molar-refractivity contribution in [3.63, 3.8) is 0 Å². The first-order valence-electron chi connectivity index (χ1n) is 6.83. The maximum atomic E-state index is 6.05. The molecule has 1 N–H and O–H groups in total. The van der Waals surface area contributed by atoms with Crippen molar-refractivity contribution in [3.8, 4) is 0 Å². The predicted octanol–water partition coefficient (Wildman–Crippen LogP) is 2.04. The third-order valence-electron chi connectivity index (χ3n) is 3.71. The third-order valence-corrected chi connectivity index (χ3v) is 4.06. The summed E-state index contributed by atoms with van der Waals surface area (Å²) in [6.07, 6.45) is 5.39. The number of imidazole rings is 1. The van der Waals surface area contributed by atoms with Gasteiger partial charge in [0.1, 0.15) is 11.0 Å². The molecule has 0 spiro atoms. The van der Waals surface area contributed by atoms with Crippen molar-refractivity contribution in [2.24, 2.45) is 7.05 Å². The lowest BCUT2D eigenvalue weighted by molar-refractivity contribution is 0.149. The first-order valence-corrected chi connectivity index (χ1v) is 7.21. The lowest BCUT2D eigenvalue weighted by Crippen LogP contribution is -2.43. The summed E-state index contributed by atoms with van der Waals surface area (Å²) in [5.41, 5.74) is 0. The average Bonchev–Trinajstić information content (AvgIpc) is 2.71. The van der Waals surface area contributed by atoms with Crippen molar-refractivity contribution >= 4 is 11.6 Å². The molecule has 0 aromatic carbocycles. The fourth-order valence-corrected chi connectivity index (χ4v) is 2.75. The Balaban J connectivity index is 2.03. The van der Waals surface area contributed by atoms with Crippen molar-refractivity contribution in [1.29, 1.82) is 0 Å². The summed E-state index contributed by atoms with van der Waals surface area (Å²) in [6.45, 7) is 6.54. The molecule has 0 unspecified atom stereocenters. The number of hydrogen-bond acceptors (Lipinski definition) is 3. The molecule has 0 saturated carbocycles. The van der Waals surface area contributed by atoms with Gasteiger partial charge in [-0.25, -0.2) is 4.98 Å². The van der Waals surface area contributed by atoms with E-state index >= 15 is 0 Å². The Bertz CT molecular complexity index is 371. The number of piperidine rings is 1. The van der Waals surface area contributed by atoms with E-state index in [0.29, 0.717) is 11.2 Å². The highest BCUT2D eigenvalue weighted by molar-refractivity contribution is 6.29. The first-order chi connectivity index (χ1) is 8.72. The molecule has 0 atom stereocenters. The summed E-state index contributed by atoms with van der Waals surface area (Å²) in [5.74, 6) is 1.06. The maximum Gasteiger partial charge on any atom is 0.128 e. The van der Waals surface area contributed by atoms with Gasteiger partial charge < -0.3 is 9.88 Å². The molecule has 5 heteroatoms. The van der Waals surface area contributed by atoms with Crippen LogP contribution in [0.1, 0.15) is 32.0 Å². The molecular formula is C13H23ClN4. The van der Waals surface area contributed by atoms with Gasteiger partial charge in [0.15, 0.2) is 0 Å². The van der Waals surface area contributed by atoms with Crippen molar-refractivity contribution < 1.29 is 0 Å². The lowest BCUT2D eigenvalue weighted by Gasteiger charge is -2.34. The van der Waals surface area contributed by atoms with Crippen LogP contribution < -0.4 is 5.32 Å². The van der Waals surface area contributed by atoms with Gasteiger partial charge in [-0.1, -0.05) is 18.5 Å². The Kier molecular flexibility index (Phi) is 5.03. The molecule has 0 radical (unpaired) electrons. The van der Waals surface area contributed by atoms with Crippen molar-refractivity contribution in [3.05, 3.63) is 17.2 Å². The van der Waals surface area contributed by atoms with Crippen LogP contribution in [-0.2, 0) is 13.6 Å². The van der Waals surface area contributed by atoms with Gasteiger partial charge in [0, 0.05) is 13.1 Å². The predicted molar refractivity (Wildman–Crippen MR) is 74.8 cm³/mol. The van der Waals surface area contributed by atoms with Gasteiger partial charge in [-0.05, 0) is 38.9 Å². The minimum absolute atomic E-state index is 0.682. The number of rotatable bonds is 5. The molecule has 1 aliphatic rings. The fourth-order valence-electron chi connectivity index (χ4n) is 2.60. The molecule has 1 aliphatic heterocycles. The maximum absolute atomic E-state index is 6.05. The topological polar surface area (TPSA) is 33.1 Å². The molecule has 0 bridgehead atoms. The second-order valence-corrected chi connectivity index (χ2v) is 5.40. The largest absolute Gasteiger partial charge is 0.321 e. The van der Waals surface area contributed by atoms with Gasteiger partial charge in [-0.3, -0.25) is 4.90 Å². The fraction of sp³-hybridized carbons (Fsp3) is 0.769. The average molecular weight is 271 g/mol. The van der Waals surface area contributed by atoms with Crippen molar-refractivity contribution in [2.75, 3.05) is 19.6 Å². The number of nitrogens with one attached hydrogen (secondary N) is 1. The van der Waals surface area contributed by atoms with Gasteiger partial charge in [0.05, 0.1) is 12.7 Å². The number of hydrogen-bond donors (Lipinski definition) is 1. The molecule has 4 nitrogen and oxygen atoms in total. The second kappa shape index (κ2) is 6.55. The highest BCUT2D eigenvalue weighted by Crippen LogP contribution is 2.17. The summed E-state index contributed by atoms with van der Waals surface area (Å²) in [5, 5.41) is 4.14. The standard InChI is InChI=1S/C13H23ClN4/c1-3-8-18(11-4-6-15-7-5-11)10-13-16-9-12(14)17(13)2/h9,11,15H,3-8,10H2,1-2H3. The molecular weight excluding hydrogens is 248 g/mol. The van der Waals surface area contributed by atoms with Crippen LogP contribution >= 0.6 is 11.6 Å². The summed E-state index contributed by atoms with van der Waals surface area (Å²) >= 11 is 6.05. The Morgan fingerprint density at radius 2 is 2.22 bits per heavy atom. The molecule has 0 aliphatic carbocycles. The van der Waals surface area contributed by atoms with Crippen LogP contribution in [0.25, 0.3) is 0 Å². The van der Waals surface area contributed by atoms with E-state index in [4.69, 9.17) is 11.6 Å². The minimum Gasteiger partial charge on any atom is -0.321 e. The van der Waals surface area contributed by atoms with Crippen LogP contribution in [0, 0.1) is 0 Å². The molecule has 2 rings (SSSR count). The molecule has 102 valence electrons. The van der Waals surface area contributed by atoms with Crippen LogP contribution in [0.2, 0.25) is 5.15 Å².